The summed E-state index contributed by atoms with van der Waals surface area (Å²) in [6.07, 6.45) is 0. The molecule has 3 N–H and O–H groups in total. The molecule has 3 aromatic rings. The zero-order valence-electron chi connectivity index (χ0n) is 10.3. The Morgan fingerprint density at radius 3 is 2.84 bits per heavy atom. The number of oxazole rings is 1. The van der Waals surface area contributed by atoms with Gasteiger partial charge >= 0.3 is 0 Å². The molecule has 1 heterocycles. The van der Waals surface area contributed by atoms with E-state index in [1.807, 2.05) is 31.2 Å². The second-order valence-corrected chi connectivity index (χ2v) is 4.74. The number of nitrogens with one attached hydrogen (secondary N) is 1. The second kappa shape index (κ2) is 4.48. The summed E-state index contributed by atoms with van der Waals surface area (Å²) in [6.45, 7) is 1.95. The second-order valence-electron chi connectivity index (χ2n) is 4.34. The van der Waals surface area contributed by atoms with E-state index in [9.17, 15) is 0 Å². The van der Waals surface area contributed by atoms with Crippen LogP contribution >= 0.6 is 11.6 Å². The number of hydrogen-bond acceptors (Lipinski definition) is 4. The fourth-order valence-electron chi connectivity index (χ4n) is 1.79. The van der Waals surface area contributed by atoms with Crippen LogP contribution in [-0.4, -0.2) is 4.98 Å². The standard InChI is InChI=1S/C14H12ClN3O/c1-8-2-4-10(7-11(8)15)17-14-18-12-5-3-9(16)6-13(12)19-14/h2-7H,16H2,1H3,(H,17,18). The van der Waals surface area contributed by atoms with Crippen molar-refractivity contribution in [1.29, 1.82) is 0 Å². The predicted molar refractivity (Wildman–Crippen MR) is 77.9 cm³/mol. The third kappa shape index (κ3) is 2.35. The van der Waals surface area contributed by atoms with Crippen LogP contribution in [0.25, 0.3) is 11.1 Å². The van der Waals surface area contributed by atoms with Crippen LogP contribution in [0.1, 0.15) is 5.56 Å². The SMILES string of the molecule is Cc1ccc(Nc2nc3ccc(N)cc3o2)cc1Cl. The Hall–Kier alpha value is -2.20. The van der Waals surface area contributed by atoms with Gasteiger partial charge in [-0.25, -0.2) is 0 Å². The summed E-state index contributed by atoms with van der Waals surface area (Å²) in [5, 5.41) is 3.78. The van der Waals surface area contributed by atoms with Gasteiger partial charge in [0.2, 0.25) is 0 Å². The van der Waals surface area contributed by atoms with E-state index in [0.29, 0.717) is 22.3 Å². The van der Waals surface area contributed by atoms with E-state index < -0.39 is 0 Å². The number of hydrogen-bond donors (Lipinski definition) is 2. The Kier molecular flexibility index (Phi) is 2.80. The van der Waals surface area contributed by atoms with Gasteiger partial charge in [0, 0.05) is 22.5 Å². The highest BCUT2D eigenvalue weighted by atomic mass is 35.5. The molecule has 96 valence electrons. The van der Waals surface area contributed by atoms with Gasteiger partial charge in [0.05, 0.1) is 0 Å². The van der Waals surface area contributed by atoms with Crippen LogP contribution in [0.5, 0.6) is 0 Å². The van der Waals surface area contributed by atoms with Crippen molar-refractivity contribution in [1.82, 2.24) is 4.98 Å². The molecule has 1 aromatic heterocycles. The number of rotatable bonds is 2. The van der Waals surface area contributed by atoms with E-state index in [4.69, 9.17) is 21.8 Å². The third-order valence-corrected chi connectivity index (χ3v) is 3.24. The van der Waals surface area contributed by atoms with Crippen molar-refractivity contribution in [3.8, 4) is 0 Å². The van der Waals surface area contributed by atoms with E-state index in [0.717, 1.165) is 16.8 Å². The predicted octanol–water partition coefficient (Wildman–Crippen LogP) is 4.12. The molecule has 2 aromatic carbocycles. The highest BCUT2D eigenvalue weighted by Crippen LogP contribution is 2.26. The summed E-state index contributed by atoms with van der Waals surface area (Å²) < 4.78 is 5.58. The van der Waals surface area contributed by atoms with E-state index in [2.05, 4.69) is 10.3 Å². The molecule has 0 aliphatic rings. The summed E-state index contributed by atoms with van der Waals surface area (Å²) in [5.41, 5.74) is 9.61. The van der Waals surface area contributed by atoms with Gasteiger partial charge in [0.15, 0.2) is 5.58 Å². The highest BCUT2D eigenvalue weighted by Gasteiger charge is 2.06. The van der Waals surface area contributed by atoms with Crippen molar-refractivity contribution in [2.75, 3.05) is 11.1 Å². The van der Waals surface area contributed by atoms with Crippen molar-refractivity contribution in [3.05, 3.63) is 47.0 Å². The molecule has 0 spiro atoms. The molecular formula is C14H12ClN3O. The topological polar surface area (TPSA) is 64.1 Å². The van der Waals surface area contributed by atoms with Crippen LogP contribution in [-0.2, 0) is 0 Å². The molecule has 0 fully saturated rings. The average Bonchev–Trinajstić information content (AvgIpc) is 2.75. The van der Waals surface area contributed by atoms with Crippen LogP contribution < -0.4 is 11.1 Å². The first-order valence-corrected chi connectivity index (χ1v) is 6.19. The summed E-state index contributed by atoms with van der Waals surface area (Å²) in [5.74, 6) is 0. The zero-order valence-corrected chi connectivity index (χ0v) is 11.0. The van der Waals surface area contributed by atoms with Crippen LogP contribution in [0.2, 0.25) is 5.02 Å². The molecule has 0 aliphatic heterocycles. The van der Waals surface area contributed by atoms with Gasteiger partial charge < -0.3 is 15.5 Å². The normalized spacial score (nSPS) is 10.8. The van der Waals surface area contributed by atoms with Gasteiger partial charge in [-0.2, -0.15) is 4.98 Å². The minimum atomic E-state index is 0.417. The molecule has 3 rings (SSSR count). The van der Waals surface area contributed by atoms with E-state index >= 15 is 0 Å². The van der Waals surface area contributed by atoms with Crippen molar-refractivity contribution in [2.45, 2.75) is 6.92 Å². The molecule has 0 bridgehead atoms. The van der Waals surface area contributed by atoms with Crippen LogP contribution in [0.15, 0.2) is 40.8 Å². The molecule has 0 saturated carbocycles. The summed E-state index contributed by atoms with van der Waals surface area (Å²) in [6, 6.07) is 11.5. The molecule has 0 atom stereocenters. The molecule has 0 amide bonds. The van der Waals surface area contributed by atoms with Crippen molar-refractivity contribution >= 4 is 40.1 Å². The summed E-state index contributed by atoms with van der Waals surface area (Å²) in [7, 11) is 0. The smallest absolute Gasteiger partial charge is 0.300 e. The molecule has 19 heavy (non-hydrogen) atoms. The fourth-order valence-corrected chi connectivity index (χ4v) is 1.97. The molecule has 0 saturated heterocycles. The Bertz CT molecular complexity index is 752. The van der Waals surface area contributed by atoms with Gasteiger partial charge in [-0.3, -0.25) is 0 Å². The quantitative estimate of drug-likeness (QED) is 0.690. The first-order chi connectivity index (χ1) is 9.11. The van der Waals surface area contributed by atoms with E-state index in [-0.39, 0.29) is 0 Å². The van der Waals surface area contributed by atoms with Crippen molar-refractivity contribution in [3.63, 3.8) is 0 Å². The summed E-state index contributed by atoms with van der Waals surface area (Å²) in [4.78, 5) is 4.32. The Balaban J connectivity index is 1.94. The number of nitrogens with zero attached hydrogens (tertiary/aromatic N) is 1. The van der Waals surface area contributed by atoms with E-state index in [1.54, 1.807) is 12.1 Å². The lowest BCUT2D eigenvalue weighted by atomic mass is 10.2. The third-order valence-electron chi connectivity index (χ3n) is 2.84. The van der Waals surface area contributed by atoms with Gasteiger partial charge in [-0.15, -0.1) is 0 Å². The number of nitrogens with two attached hydrogens (primary N) is 1. The highest BCUT2D eigenvalue weighted by molar-refractivity contribution is 6.31. The lowest BCUT2D eigenvalue weighted by molar-refractivity contribution is 0.623. The number of anilines is 3. The number of halogens is 1. The van der Waals surface area contributed by atoms with E-state index in [1.165, 1.54) is 0 Å². The van der Waals surface area contributed by atoms with Gasteiger partial charge in [0.1, 0.15) is 5.52 Å². The number of nitrogen functional groups attached to an aromatic ring is 1. The molecule has 4 nitrogen and oxygen atoms in total. The minimum Gasteiger partial charge on any atom is -0.423 e. The van der Waals surface area contributed by atoms with Gasteiger partial charge in [0.25, 0.3) is 6.01 Å². The first-order valence-electron chi connectivity index (χ1n) is 5.81. The first kappa shape index (κ1) is 11.9. The Morgan fingerprint density at radius 1 is 1.21 bits per heavy atom. The number of aromatic nitrogens is 1. The van der Waals surface area contributed by atoms with Crippen LogP contribution in [0.3, 0.4) is 0 Å². The maximum atomic E-state index is 6.07. The molecule has 0 aliphatic carbocycles. The lowest BCUT2D eigenvalue weighted by Gasteiger charge is -2.03. The average molecular weight is 274 g/mol. The maximum Gasteiger partial charge on any atom is 0.300 e. The maximum absolute atomic E-state index is 6.07. The van der Waals surface area contributed by atoms with Gasteiger partial charge in [-0.1, -0.05) is 17.7 Å². The number of fused-ring (bicyclic) bond motifs is 1. The minimum absolute atomic E-state index is 0.417. The van der Waals surface area contributed by atoms with Crippen LogP contribution in [0, 0.1) is 6.92 Å². The number of benzene rings is 2. The van der Waals surface area contributed by atoms with Crippen molar-refractivity contribution < 1.29 is 4.42 Å². The molecular weight excluding hydrogens is 262 g/mol. The monoisotopic (exact) mass is 273 g/mol. The molecule has 5 heteroatoms. The molecule has 0 unspecified atom stereocenters. The Labute approximate surface area is 115 Å². The number of aryl methyl sites for hydroxylation is 1. The van der Waals surface area contributed by atoms with Crippen LogP contribution in [0.4, 0.5) is 17.4 Å². The lowest BCUT2D eigenvalue weighted by Crippen LogP contribution is -1.90. The molecule has 0 radical (unpaired) electrons. The Morgan fingerprint density at radius 2 is 2.05 bits per heavy atom. The fraction of sp³-hybridized carbons (Fsp3) is 0.0714. The van der Waals surface area contributed by atoms with Crippen molar-refractivity contribution in [2.24, 2.45) is 0 Å². The van der Waals surface area contributed by atoms with Gasteiger partial charge in [-0.05, 0) is 36.8 Å². The largest absolute Gasteiger partial charge is 0.423 e. The summed E-state index contributed by atoms with van der Waals surface area (Å²) >= 11 is 6.07. The zero-order chi connectivity index (χ0) is 13.4.